The Morgan fingerprint density at radius 3 is 1.82 bits per heavy atom. The number of hydrogen-bond donors (Lipinski definition) is 0. The van der Waals surface area contributed by atoms with E-state index in [2.05, 4.69) is 26.8 Å². The van der Waals surface area contributed by atoms with Gasteiger partial charge in [0.2, 0.25) is 0 Å². The molecule has 0 heterocycles. The first kappa shape index (κ1) is 17.7. The maximum Gasteiger partial charge on any atom is 3.00 e. The molecular weight excluding hydrogens is 215 g/mol. The van der Waals surface area contributed by atoms with Gasteiger partial charge in [0.1, 0.15) is 0 Å². The average molecular weight is 226 g/mol. The van der Waals surface area contributed by atoms with Gasteiger partial charge in [0, 0.05) is 0 Å². The standard InChI is InChI=1S/C8H11.2ClH.Ti/c1-6-4-5-7(2)8(6)3;;;/h4H,1,5H2,2-3H3;2*1H;/q-1;;;+3/p-2. The fraction of sp³-hybridized carbons (Fsp3) is 0.375. The second-order valence-electron chi connectivity index (χ2n) is 2.34. The van der Waals surface area contributed by atoms with Crippen LogP contribution >= 0.6 is 0 Å². The summed E-state index contributed by atoms with van der Waals surface area (Å²) in [5.41, 5.74) is 4.06. The molecule has 61 valence electrons. The van der Waals surface area contributed by atoms with E-state index >= 15 is 0 Å². The zero-order chi connectivity index (χ0) is 6.15. The molecule has 0 aromatic carbocycles. The predicted molar refractivity (Wildman–Crippen MR) is 36.4 cm³/mol. The number of rotatable bonds is 0. The van der Waals surface area contributed by atoms with Gasteiger partial charge in [0.15, 0.2) is 0 Å². The van der Waals surface area contributed by atoms with Crippen LogP contribution in [0.15, 0.2) is 22.8 Å². The van der Waals surface area contributed by atoms with Crippen LogP contribution in [0.2, 0.25) is 0 Å². The van der Waals surface area contributed by atoms with Crippen LogP contribution in [0, 0.1) is 6.92 Å². The fourth-order valence-electron chi connectivity index (χ4n) is 0.857. The smallest absolute Gasteiger partial charge is 1.00 e. The molecule has 0 saturated carbocycles. The summed E-state index contributed by atoms with van der Waals surface area (Å²) >= 11 is 0. The van der Waals surface area contributed by atoms with Crippen molar-refractivity contribution in [2.45, 2.75) is 20.3 Å². The van der Waals surface area contributed by atoms with Gasteiger partial charge in [-0.1, -0.05) is 20.3 Å². The van der Waals surface area contributed by atoms with Crippen molar-refractivity contribution in [3.8, 4) is 0 Å². The molecule has 3 heteroatoms. The van der Waals surface area contributed by atoms with Crippen molar-refractivity contribution >= 4 is 0 Å². The SMILES string of the molecule is [CH2-]C1=CCC(C)=C1C.[Cl-].[Cl-].[Ti+3]. The average Bonchev–Trinajstić information content (AvgIpc) is 1.98. The van der Waals surface area contributed by atoms with Gasteiger partial charge in [-0.15, -0.1) is 5.57 Å². The number of hydrogen-bond acceptors (Lipinski definition) is 0. The summed E-state index contributed by atoms with van der Waals surface area (Å²) in [5.74, 6) is 0. The molecule has 0 nitrogen and oxygen atoms in total. The van der Waals surface area contributed by atoms with Crippen LogP contribution in [0.3, 0.4) is 0 Å². The minimum absolute atomic E-state index is 0. The molecule has 0 amide bonds. The van der Waals surface area contributed by atoms with Gasteiger partial charge in [-0.3, -0.25) is 0 Å². The van der Waals surface area contributed by atoms with Crippen molar-refractivity contribution in [2.75, 3.05) is 0 Å². The molecule has 0 unspecified atom stereocenters. The van der Waals surface area contributed by atoms with Crippen LogP contribution < -0.4 is 24.8 Å². The van der Waals surface area contributed by atoms with E-state index in [1.807, 2.05) is 0 Å². The molecule has 0 aromatic heterocycles. The summed E-state index contributed by atoms with van der Waals surface area (Å²) in [6, 6.07) is 0. The second-order valence-corrected chi connectivity index (χ2v) is 2.34. The molecule has 0 saturated heterocycles. The van der Waals surface area contributed by atoms with E-state index in [-0.39, 0.29) is 46.5 Å². The molecule has 0 bridgehead atoms. The molecule has 0 aromatic rings. The second kappa shape index (κ2) is 7.30. The molecule has 0 N–H and O–H groups in total. The summed E-state index contributed by atoms with van der Waals surface area (Å²) in [6.45, 7) is 8.16. The Hall–Kier alpha value is 0.644. The number of halogens is 2. The Morgan fingerprint density at radius 2 is 1.73 bits per heavy atom. The van der Waals surface area contributed by atoms with Crippen molar-refractivity contribution in [2.24, 2.45) is 0 Å². The third-order valence-corrected chi connectivity index (χ3v) is 1.78. The summed E-state index contributed by atoms with van der Waals surface area (Å²) in [5, 5.41) is 0. The van der Waals surface area contributed by atoms with Crippen molar-refractivity contribution < 1.29 is 46.5 Å². The van der Waals surface area contributed by atoms with Crippen molar-refractivity contribution in [1.82, 2.24) is 0 Å². The maximum absolute atomic E-state index is 3.87. The normalized spacial score (nSPS) is 14.2. The Bertz CT molecular complexity index is 165. The summed E-state index contributed by atoms with van der Waals surface area (Å²) in [6.07, 6.45) is 3.29. The van der Waals surface area contributed by atoms with E-state index < -0.39 is 0 Å². The fourth-order valence-corrected chi connectivity index (χ4v) is 0.857. The van der Waals surface area contributed by atoms with Crippen LogP contribution in [0.25, 0.3) is 0 Å². The Balaban J connectivity index is -0.000000213. The molecule has 1 radical (unpaired) electrons. The minimum atomic E-state index is 0. The van der Waals surface area contributed by atoms with Gasteiger partial charge >= 0.3 is 21.7 Å². The Labute approximate surface area is 96.2 Å². The first-order chi connectivity index (χ1) is 3.72. The van der Waals surface area contributed by atoms with Crippen LogP contribution in [0.1, 0.15) is 20.3 Å². The third kappa shape index (κ3) is 4.27. The Morgan fingerprint density at radius 1 is 1.27 bits per heavy atom. The molecule has 11 heavy (non-hydrogen) atoms. The summed E-state index contributed by atoms with van der Waals surface area (Å²) in [4.78, 5) is 0. The summed E-state index contributed by atoms with van der Waals surface area (Å²) < 4.78 is 0. The van der Waals surface area contributed by atoms with Gasteiger partial charge in [0.25, 0.3) is 0 Å². The van der Waals surface area contributed by atoms with Crippen LogP contribution in [0.4, 0.5) is 0 Å². The van der Waals surface area contributed by atoms with Gasteiger partial charge in [-0.25, -0.2) is 0 Å². The van der Waals surface area contributed by atoms with Gasteiger partial charge < -0.3 is 24.8 Å². The Kier molecular flexibility index (Phi) is 11.7. The van der Waals surface area contributed by atoms with E-state index in [0.717, 1.165) is 6.42 Å². The van der Waals surface area contributed by atoms with E-state index in [0.29, 0.717) is 0 Å². The van der Waals surface area contributed by atoms with E-state index in [1.165, 1.54) is 16.7 Å². The van der Waals surface area contributed by atoms with E-state index in [9.17, 15) is 0 Å². The van der Waals surface area contributed by atoms with Crippen LogP contribution in [-0.2, 0) is 21.7 Å². The van der Waals surface area contributed by atoms with Gasteiger partial charge in [0.05, 0.1) is 0 Å². The molecule has 1 aliphatic carbocycles. The largest absolute Gasteiger partial charge is 3.00 e. The van der Waals surface area contributed by atoms with Gasteiger partial charge in [-0.2, -0.15) is 24.1 Å². The molecular formula is C8H11Cl2Ti. The topological polar surface area (TPSA) is 0 Å². The first-order valence-corrected chi connectivity index (χ1v) is 2.90. The molecule has 1 rings (SSSR count). The minimum Gasteiger partial charge on any atom is -1.00 e. The zero-order valence-electron chi connectivity index (χ0n) is 6.75. The van der Waals surface area contributed by atoms with Crippen molar-refractivity contribution in [3.63, 3.8) is 0 Å². The molecule has 0 atom stereocenters. The van der Waals surface area contributed by atoms with Crippen LogP contribution in [-0.4, -0.2) is 0 Å². The third-order valence-electron chi connectivity index (χ3n) is 1.78. The monoisotopic (exact) mass is 225 g/mol. The zero-order valence-corrected chi connectivity index (χ0v) is 9.82. The van der Waals surface area contributed by atoms with Crippen LogP contribution in [0.5, 0.6) is 0 Å². The van der Waals surface area contributed by atoms with Crippen molar-refractivity contribution in [1.29, 1.82) is 0 Å². The van der Waals surface area contributed by atoms with Gasteiger partial charge in [-0.05, 0) is 0 Å². The number of allylic oxidation sites excluding steroid dienone is 4. The first-order valence-electron chi connectivity index (χ1n) is 2.90. The molecule has 0 aliphatic heterocycles. The molecule has 0 fully saturated rings. The van der Waals surface area contributed by atoms with E-state index in [4.69, 9.17) is 0 Å². The molecule has 1 aliphatic rings. The predicted octanol–water partition coefficient (Wildman–Crippen LogP) is -3.51. The van der Waals surface area contributed by atoms with E-state index in [1.54, 1.807) is 0 Å². The summed E-state index contributed by atoms with van der Waals surface area (Å²) in [7, 11) is 0. The maximum atomic E-state index is 3.87. The molecule has 0 spiro atoms. The van der Waals surface area contributed by atoms with Crippen molar-refractivity contribution in [3.05, 3.63) is 29.7 Å². The quantitative estimate of drug-likeness (QED) is 0.297.